The van der Waals surface area contributed by atoms with Crippen LogP contribution in [0.5, 0.6) is 0 Å². The van der Waals surface area contributed by atoms with Crippen molar-refractivity contribution >= 4 is 0 Å². The summed E-state index contributed by atoms with van der Waals surface area (Å²) in [5, 5.41) is 9.99. The first-order valence-electron chi connectivity index (χ1n) is 8.54. The fourth-order valence-corrected chi connectivity index (χ4v) is 6.05. The van der Waals surface area contributed by atoms with E-state index in [9.17, 15) is 5.11 Å². The van der Waals surface area contributed by atoms with Gasteiger partial charge >= 0.3 is 0 Å². The third-order valence-corrected chi connectivity index (χ3v) is 7.27. The second kappa shape index (κ2) is 4.33. The van der Waals surface area contributed by atoms with Crippen molar-refractivity contribution in [3.8, 4) is 0 Å². The van der Waals surface area contributed by atoms with E-state index in [0.29, 0.717) is 5.41 Å². The van der Waals surface area contributed by atoms with Crippen LogP contribution in [0.2, 0.25) is 0 Å². The maximum absolute atomic E-state index is 9.99. The lowest BCUT2D eigenvalue weighted by atomic mass is 9.49. The van der Waals surface area contributed by atoms with Crippen LogP contribution in [0.4, 0.5) is 0 Å². The molecule has 20 heavy (non-hydrogen) atoms. The summed E-state index contributed by atoms with van der Waals surface area (Å²) in [5.41, 5.74) is 2.10. The zero-order chi connectivity index (χ0) is 14.0. The standard InChI is InChI=1S/C18H28O2/c1-17-8-5-13(19)11-12(17)3-4-14-15(17)6-9-18(2)16(14)7-10-20-18/h3,13-16,19H,4-11H2,1-2H3/t13?,14-,15-,16+,17+,18+/m1/s1. The van der Waals surface area contributed by atoms with Gasteiger partial charge in [0.05, 0.1) is 11.7 Å². The van der Waals surface area contributed by atoms with E-state index in [0.717, 1.165) is 37.2 Å². The molecule has 4 aliphatic rings. The van der Waals surface area contributed by atoms with Crippen LogP contribution in [0.25, 0.3) is 0 Å². The maximum atomic E-state index is 9.99. The molecule has 0 aromatic heterocycles. The molecule has 112 valence electrons. The first kappa shape index (κ1) is 13.3. The van der Waals surface area contributed by atoms with Crippen molar-refractivity contribution in [1.29, 1.82) is 0 Å². The first-order valence-corrected chi connectivity index (χ1v) is 8.54. The number of ether oxygens (including phenoxy) is 1. The molecule has 0 bridgehead atoms. The Bertz CT molecular complexity index is 443. The molecule has 4 rings (SSSR count). The van der Waals surface area contributed by atoms with Crippen molar-refractivity contribution < 1.29 is 9.84 Å². The Hall–Kier alpha value is -0.340. The molecule has 1 heterocycles. The second-order valence-corrected chi connectivity index (χ2v) is 8.14. The third kappa shape index (κ3) is 1.70. The highest BCUT2D eigenvalue weighted by atomic mass is 16.5. The molecule has 0 radical (unpaired) electrons. The minimum Gasteiger partial charge on any atom is -0.393 e. The lowest BCUT2D eigenvalue weighted by molar-refractivity contribution is -0.0919. The highest BCUT2D eigenvalue weighted by molar-refractivity contribution is 5.25. The fraction of sp³-hybridized carbons (Fsp3) is 0.889. The van der Waals surface area contributed by atoms with Crippen molar-refractivity contribution in [3.63, 3.8) is 0 Å². The Labute approximate surface area is 122 Å². The summed E-state index contributed by atoms with van der Waals surface area (Å²) in [6.45, 7) is 5.81. The molecule has 3 aliphatic carbocycles. The van der Waals surface area contributed by atoms with Gasteiger partial charge in [-0.15, -0.1) is 0 Å². The molecule has 2 heteroatoms. The van der Waals surface area contributed by atoms with Crippen LogP contribution in [-0.4, -0.2) is 23.4 Å². The molecule has 2 saturated carbocycles. The summed E-state index contributed by atoms with van der Waals surface area (Å²) in [6, 6.07) is 0. The van der Waals surface area contributed by atoms with Gasteiger partial charge in [-0.3, -0.25) is 0 Å². The van der Waals surface area contributed by atoms with Crippen LogP contribution >= 0.6 is 0 Å². The molecule has 3 fully saturated rings. The molecule has 0 aromatic rings. The lowest BCUT2D eigenvalue weighted by Crippen LogP contribution is -2.51. The third-order valence-electron chi connectivity index (χ3n) is 7.27. The summed E-state index contributed by atoms with van der Waals surface area (Å²) in [7, 11) is 0. The molecule has 1 N–H and O–H groups in total. The molecule has 1 saturated heterocycles. The smallest absolute Gasteiger partial charge is 0.0686 e. The number of rotatable bonds is 0. The monoisotopic (exact) mass is 276 g/mol. The largest absolute Gasteiger partial charge is 0.393 e. The minimum atomic E-state index is -0.0884. The van der Waals surface area contributed by atoms with Crippen molar-refractivity contribution in [2.24, 2.45) is 23.2 Å². The Morgan fingerprint density at radius 1 is 1.15 bits per heavy atom. The quantitative estimate of drug-likeness (QED) is 0.684. The minimum absolute atomic E-state index is 0.0884. The van der Waals surface area contributed by atoms with Crippen LogP contribution in [0, 0.1) is 23.2 Å². The average molecular weight is 276 g/mol. The van der Waals surface area contributed by atoms with Crippen LogP contribution in [0.15, 0.2) is 11.6 Å². The first-order chi connectivity index (χ1) is 9.53. The number of aliphatic hydroxyl groups excluding tert-OH is 1. The molecule has 0 amide bonds. The Morgan fingerprint density at radius 2 is 2.00 bits per heavy atom. The fourth-order valence-electron chi connectivity index (χ4n) is 6.05. The SMILES string of the molecule is C[C@]12CCC(O)CC1=CC[C@@H]1[C@H]2CC[C@]2(C)OCC[C@@H]12. The Morgan fingerprint density at radius 3 is 2.85 bits per heavy atom. The number of hydrogen-bond acceptors (Lipinski definition) is 2. The summed E-state index contributed by atoms with van der Waals surface area (Å²) in [4.78, 5) is 0. The molecular formula is C18H28O2. The van der Waals surface area contributed by atoms with Crippen LogP contribution < -0.4 is 0 Å². The summed E-state index contributed by atoms with van der Waals surface area (Å²) >= 11 is 0. The Balaban J connectivity index is 1.68. The van der Waals surface area contributed by atoms with E-state index in [1.54, 1.807) is 5.57 Å². The predicted octanol–water partition coefficient (Wildman–Crippen LogP) is 3.69. The van der Waals surface area contributed by atoms with Gasteiger partial charge in [0.1, 0.15) is 0 Å². The van der Waals surface area contributed by atoms with E-state index in [4.69, 9.17) is 4.74 Å². The Kier molecular flexibility index (Phi) is 2.89. The molecule has 2 nitrogen and oxygen atoms in total. The van der Waals surface area contributed by atoms with Gasteiger partial charge in [0.25, 0.3) is 0 Å². The van der Waals surface area contributed by atoms with Gasteiger partial charge in [0.15, 0.2) is 0 Å². The maximum Gasteiger partial charge on any atom is 0.0686 e. The van der Waals surface area contributed by atoms with E-state index in [1.165, 1.54) is 32.1 Å². The normalized spacial score (nSPS) is 54.6. The van der Waals surface area contributed by atoms with Crippen LogP contribution in [-0.2, 0) is 4.74 Å². The van der Waals surface area contributed by atoms with Gasteiger partial charge in [0.2, 0.25) is 0 Å². The van der Waals surface area contributed by atoms with E-state index in [1.807, 2.05) is 0 Å². The molecule has 6 atom stereocenters. The van der Waals surface area contributed by atoms with E-state index < -0.39 is 0 Å². The molecule has 1 unspecified atom stereocenters. The molecule has 0 aromatic carbocycles. The number of aliphatic hydroxyl groups is 1. The van der Waals surface area contributed by atoms with E-state index in [2.05, 4.69) is 19.9 Å². The van der Waals surface area contributed by atoms with Crippen LogP contribution in [0.1, 0.15) is 58.8 Å². The van der Waals surface area contributed by atoms with Gasteiger partial charge in [-0.25, -0.2) is 0 Å². The van der Waals surface area contributed by atoms with Crippen molar-refractivity contribution in [2.45, 2.75) is 70.5 Å². The van der Waals surface area contributed by atoms with Gasteiger partial charge in [-0.05, 0) is 75.0 Å². The second-order valence-electron chi connectivity index (χ2n) is 8.14. The molecule has 0 spiro atoms. The topological polar surface area (TPSA) is 29.5 Å². The lowest BCUT2D eigenvalue weighted by Gasteiger charge is -2.56. The van der Waals surface area contributed by atoms with Gasteiger partial charge in [-0.2, -0.15) is 0 Å². The van der Waals surface area contributed by atoms with Crippen molar-refractivity contribution in [2.75, 3.05) is 6.61 Å². The average Bonchev–Trinajstić information content (AvgIpc) is 2.81. The highest BCUT2D eigenvalue weighted by Crippen LogP contribution is 2.61. The van der Waals surface area contributed by atoms with Gasteiger partial charge in [-0.1, -0.05) is 18.6 Å². The number of fused-ring (bicyclic) bond motifs is 5. The zero-order valence-electron chi connectivity index (χ0n) is 12.9. The van der Waals surface area contributed by atoms with Crippen molar-refractivity contribution in [3.05, 3.63) is 11.6 Å². The number of allylic oxidation sites excluding steroid dienone is 1. The van der Waals surface area contributed by atoms with Crippen LogP contribution in [0.3, 0.4) is 0 Å². The molecule has 1 aliphatic heterocycles. The van der Waals surface area contributed by atoms with Gasteiger partial charge in [0, 0.05) is 6.61 Å². The predicted molar refractivity (Wildman–Crippen MR) is 79.3 cm³/mol. The highest BCUT2D eigenvalue weighted by Gasteiger charge is 2.56. The van der Waals surface area contributed by atoms with Crippen molar-refractivity contribution in [1.82, 2.24) is 0 Å². The van der Waals surface area contributed by atoms with E-state index in [-0.39, 0.29) is 11.7 Å². The summed E-state index contributed by atoms with van der Waals surface area (Å²) in [5.74, 6) is 2.41. The zero-order valence-corrected chi connectivity index (χ0v) is 12.9. The van der Waals surface area contributed by atoms with Gasteiger partial charge < -0.3 is 9.84 Å². The van der Waals surface area contributed by atoms with E-state index >= 15 is 0 Å². The number of hydrogen-bond donors (Lipinski definition) is 1. The molecular weight excluding hydrogens is 248 g/mol. The summed E-state index contributed by atoms with van der Waals surface area (Å²) in [6.07, 6.45) is 10.6. The summed E-state index contributed by atoms with van der Waals surface area (Å²) < 4.78 is 6.12.